The van der Waals surface area contributed by atoms with Gasteiger partial charge in [-0.3, -0.25) is 0 Å². The summed E-state index contributed by atoms with van der Waals surface area (Å²) >= 11 is 0. The smallest absolute Gasteiger partial charge is 0.159 e. The van der Waals surface area contributed by atoms with Gasteiger partial charge in [0.1, 0.15) is 5.58 Å². The second kappa shape index (κ2) is 15.0. The van der Waals surface area contributed by atoms with E-state index in [1.54, 1.807) is 0 Å². The van der Waals surface area contributed by atoms with E-state index in [-0.39, 0.29) is 0 Å². The van der Waals surface area contributed by atoms with Crippen LogP contribution in [0.5, 0.6) is 0 Å². The highest BCUT2D eigenvalue weighted by molar-refractivity contribution is 6.12. The molecule has 0 aliphatic heterocycles. The predicted octanol–water partition coefficient (Wildman–Crippen LogP) is 17.5. The van der Waals surface area contributed by atoms with Crippen LogP contribution in [-0.2, 0) is 0 Å². The average Bonchev–Trinajstić information content (AvgIpc) is 3.93. The highest BCUT2D eigenvalue weighted by Gasteiger charge is 2.20. The molecule has 0 aliphatic carbocycles. The Labute approximate surface area is 376 Å². The second-order valence-electron chi connectivity index (χ2n) is 16.9. The van der Waals surface area contributed by atoms with Gasteiger partial charge in [-0.1, -0.05) is 176 Å². The molecule has 2 heterocycles. The van der Waals surface area contributed by atoms with Gasteiger partial charge in [0.05, 0.1) is 22.4 Å². The fourth-order valence-electron chi connectivity index (χ4n) is 10.1. The van der Waals surface area contributed by atoms with E-state index in [2.05, 4.69) is 246 Å². The normalized spacial score (nSPS) is 11.7. The Bertz CT molecular complexity index is 3900. The van der Waals surface area contributed by atoms with E-state index in [0.29, 0.717) is 0 Å². The molecule has 0 amide bonds. The fraction of sp³-hybridized carbons (Fsp3) is 0. The summed E-state index contributed by atoms with van der Waals surface area (Å²) in [6.07, 6.45) is 0. The molecule has 0 unspecified atom stereocenters. The second-order valence-corrected chi connectivity index (χ2v) is 16.9. The molecule has 304 valence electrons. The molecule has 3 heteroatoms. The van der Waals surface area contributed by atoms with Crippen LogP contribution in [0, 0.1) is 0 Å². The Morgan fingerprint density at radius 2 is 0.862 bits per heavy atom. The zero-order valence-electron chi connectivity index (χ0n) is 35.4. The topological polar surface area (TPSA) is 21.3 Å². The molecule has 0 N–H and O–H groups in total. The molecule has 3 nitrogen and oxygen atoms in total. The lowest BCUT2D eigenvalue weighted by Gasteiger charge is -2.26. The highest BCUT2D eigenvalue weighted by Crippen LogP contribution is 2.44. The summed E-state index contributed by atoms with van der Waals surface area (Å²) < 4.78 is 9.07. The van der Waals surface area contributed by atoms with Gasteiger partial charge in [0.15, 0.2) is 5.58 Å². The first-order chi connectivity index (χ1) is 32.2. The van der Waals surface area contributed by atoms with Crippen LogP contribution in [0.25, 0.3) is 104 Å². The van der Waals surface area contributed by atoms with Gasteiger partial charge in [0.25, 0.3) is 0 Å². The molecule has 0 bridgehead atoms. The van der Waals surface area contributed by atoms with Crippen molar-refractivity contribution in [3.8, 4) is 39.1 Å². The Balaban J connectivity index is 0.891. The number of furan rings is 1. The number of hydrogen-bond donors (Lipinski definition) is 0. The van der Waals surface area contributed by atoms with Gasteiger partial charge in [-0.2, -0.15) is 0 Å². The highest BCUT2D eigenvalue weighted by atomic mass is 16.3. The van der Waals surface area contributed by atoms with Gasteiger partial charge in [-0.05, 0) is 116 Å². The van der Waals surface area contributed by atoms with Gasteiger partial charge < -0.3 is 13.9 Å². The van der Waals surface area contributed by atoms with Crippen LogP contribution in [-0.4, -0.2) is 4.57 Å². The largest absolute Gasteiger partial charge is 0.454 e. The van der Waals surface area contributed by atoms with E-state index >= 15 is 0 Å². The zero-order chi connectivity index (χ0) is 42.8. The van der Waals surface area contributed by atoms with Crippen LogP contribution in [0.3, 0.4) is 0 Å². The summed E-state index contributed by atoms with van der Waals surface area (Å²) in [5.41, 5.74) is 15.4. The third-order valence-electron chi connectivity index (χ3n) is 13.2. The monoisotopic (exact) mass is 828 g/mol. The van der Waals surface area contributed by atoms with Crippen molar-refractivity contribution in [3.05, 3.63) is 243 Å². The molecule has 65 heavy (non-hydrogen) atoms. The lowest BCUT2D eigenvalue weighted by molar-refractivity contribution is 0.669. The van der Waals surface area contributed by atoms with E-state index in [1.807, 2.05) is 6.07 Å². The molecule has 13 rings (SSSR count). The molecule has 13 aromatic rings. The minimum Gasteiger partial charge on any atom is -0.454 e. The number of benzene rings is 11. The molecule has 0 fully saturated rings. The molecule has 0 radical (unpaired) electrons. The van der Waals surface area contributed by atoms with Crippen LogP contribution in [0.1, 0.15) is 0 Å². The number of hydrogen-bond acceptors (Lipinski definition) is 2. The first-order valence-corrected chi connectivity index (χ1v) is 22.2. The van der Waals surface area contributed by atoms with E-state index in [4.69, 9.17) is 4.42 Å². The lowest BCUT2D eigenvalue weighted by Crippen LogP contribution is -2.10. The van der Waals surface area contributed by atoms with E-state index in [1.165, 1.54) is 65.6 Å². The van der Waals surface area contributed by atoms with Gasteiger partial charge in [0.2, 0.25) is 0 Å². The molecule has 0 atom stereocenters. The summed E-state index contributed by atoms with van der Waals surface area (Å²) in [7, 11) is 0. The molecule has 2 aromatic heterocycles. The maximum Gasteiger partial charge on any atom is 0.159 e. The third kappa shape index (κ3) is 6.12. The molecular formula is C62H40N2O. The van der Waals surface area contributed by atoms with Crippen molar-refractivity contribution >= 4 is 82.4 Å². The number of fused-ring (bicyclic) bond motifs is 9. The molecule has 0 saturated carbocycles. The lowest BCUT2D eigenvalue weighted by atomic mass is 9.97. The Hall–Kier alpha value is -8.66. The third-order valence-corrected chi connectivity index (χ3v) is 13.2. The molecule has 0 aliphatic rings. The van der Waals surface area contributed by atoms with E-state index in [0.717, 1.165) is 55.8 Å². The van der Waals surface area contributed by atoms with Crippen molar-refractivity contribution in [2.75, 3.05) is 4.90 Å². The fourth-order valence-corrected chi connectivity index (χ4v) is 10.1. The first-order valence-electron chi connectivity index (χ1n) is 22.2. The van der Waals surface area contributed by atoms with Crippen molar-refractivity contribution < 1.29 is 4.42 Å². The number of anilines is 3. The minimum absolute atomic E-state index is 0.859. The van der Waals surface area contributed by atoms with Crippen molar-refractivity contribution in [3.63, 3.8) is 0 Å². The van der Waals surface area contributed by atoms with Crippen molar-refractivity contribution in [2.24, 2.45) is 0 Å². The summed E-state index contributed by atoms with van der Waals surface area (Å²) in [5.74, 6) is 0. The van der Waals surface area contributed by atoms with Crippen LogP contribution >= 0.6 is 0 Å². The van der Waals surface area contributed by atoms with Crippen LogP contribution in [0.4, 0.5) is 17.1 Å². The summed E-state index contributed by atoms with van der Waals surface area (Å²) in [6.45, 7) is 0. The van der Waals surface area contributed by atoms with Gasteiger partial charge in [0, 0.05) is 38.5 Å². The minimum atomic E-state index is 0.859. The molecule has 0 saturated heterocycles. The van der Waals surface area contributed by atoms with E-state index < -0.39 is 0 Å². The van der Waals surface area contributed by atoms with Crippen molar-refractivity contribution in [1.82, 2.24) is 4.57 Å². The maximum absolute atomic E-state index is 6.66. The predicted molar refractivity (Wildman–Crippen MR) is 274 cm³/mol. The van der Waals surface area contributed by atoms with Crippen molar-refractivity contribution in [2.45, 2.75) is 0 Å². The van der Waals surface area contributed by atoms with Crippen LogP contribution in [0.15, 0.2) is 247 Å². The summed E-state index contributed by atoms with van der Waals surface area (Å²) in [4.78, 5) is 2.32. The maximum atomic E-state index is 6.66. The first kappa shape index (κ1) is 36.9. The SMILES string of the molecule is c1cc(-c2ccc(N(c3ccc(-c4ccc5c(ccc6ccccc65)c4)cc3)c3cccc4c3oc3ccccc34)cc2)cc(-c2ccccc2-n2c3ccccc3c3ccccc32)c1. The average molecular weight is 829 g/mol. The van der Waals surface area contributed by atoms with Crippen LogP contribution < -0.4 is 4.90 Å². The number of nitrogens with zero attached hydrogens (tertiary/aromatic N) is 2. The Morgan fingerprint density at radius 1 is 0.323 bits per heavy atom. The number of rotatable bonds is 7. The van der Waals surface area contributed by atoms with Gasteiger partial charge in [-0.25, -0.2) is 0 Å². The van der Waals surface area contributed by atoms with E-state index in [9.17, 15) is 0 Å². The molecule has 11 aromatic carbocycles. The Kier molecular flexibility index (Phi) is 8.53. The number of para-hydroxylation sites is 5. The van der Waals surface area contributed by atoms with Crippen LogP contribution in [0.2, 0.25) is 0 Å². The Morgan fingerprint density at radius 3 is 1.62 bits per heavy atom. The quantitative estimate of drug-likeness (QED) is 0.149. The van der Waals surface area contributed by atoms with Crippen molar-refractivity contribution in [1.29, 1.82) is 0 Å². The van der Waals surface area contributed by atoms with Gasteiger partial charge >= 0.3 is 0 Å². The van der Waals surface area contributed by atoms with Gasteiger partial charge in [-0.15, -0.1) is 0 Å². The molecular weight excluding hydrogens is 789 g/mol. The summed E-state index contributed by atoms with van der Waals surface area (Å²) in [5, 5.41) is 9.77. The standard InChI is InChI=1S/C62H40N2O/c1-2-16-50-43(13-1)27-28-47-40-45(33-38-51(47)50)42-31-36-49(37-32-42)63(60-25-12-21-56-55-20-6-10-26-61(55)65-62(56)60)48-34-29-41(30-35-48)44-14-11-15-46(39-44)52-17-3-7-22-57(52)64-58-23-8-4-18-53(58)54-19-5-9-24-59(54)64/h1-40H. The number of aromatic nitrogens is 1. The zero-order valence-corrected chi connectivity index (χ0v) is 35.4. The molecule has 0 spiro atoms. The summed E-state index contributed by atoms with van der Waals surface area (Å²) in [6, 6.07) is 87.6.